The van der Waals surface area contributed by atoms with Crippen LogP contribution in [0, 0.1) is 11.8 Å². The molecule has 3 heterocycles. The maximum atomic E-state index is 12.1. The van der Waals surface area contributed by atoms with Crippen molar-refractivity contribution in [1.82, 2.24) is 19.9 Å². The van der Waals surface area contributed by atoms with Crippen molar-refractivity contribution in [3.63, 3.8) is 0 Å². The molecule has 6 heteroatoms. The highest BCUT2D eigenvalue weighted by atomic mass is 16.2. The molecule has 1 aliphatic heterocycles. The Kier molecular flexibility index (Phi) is 2.71. The summed E-state index contributed by atoms with van der Waals surface area (Å²) < 4.78 is 1.63. The van der Waals surface area contributed by atoms with Crippen molar-refractivity contribution in [1.29, 1.82) is 0 Å². The van der Waals surface area contributed by atoms with Gasteiger partial charge in [0.2, 0.25) is 5.91 Å². The number of rotatable bonds is 3. The number of carbonyl (C=O) groups is 1. The standard InChI is InChI=1S/C12H15N5O/c1-8(9-6-13-7-9)12(18)16-11-2-4-14-10-3-5-15-17(10)11/h2-5,8-9,13H,6-7H2,1H3,(H,16,18). The molecule has 18 heavy (non-hydrogen) atoms. The quantitative estimate of drug-likeness (QED) is 0.827. The smallest absolute Gasteiger partial charge is 0.228 e. The van der Waals surface area contributed by atoms with Crippen LogP contribution in [0.25, 0.3) is 5.65 Å². The zero-order valence-electron chi connectivity index (χ0n) is 10.1. The van der Waals surface area contributed by atoms with Crippen LogP contribution in [0.1, 0.15) is 6.92 Å². The summed E-state index contributed by atoms with van der Waals surface area (Å²) in [5.74, 6) is 1.13. The number of nitrogens with zero attached hydrogens (tertiary/aromatic N) is 3. The van der Waals surface area contributed by atoms with Crippen LogP contribution in [0.4, 0.5) is 5.82 Å². The average molecular weight is 245 g/mol. The second-order valence-corrected chi connectivity index (χ2v) is 4.63. The van der Waals surface area contributed by atoms with Crippen molar-refractivity contribution in [2.45, 2.75) is 6.92 Å². The van der Waals surface area contributed by atoms with Gasteiger partial charge in [-0.2, -0.15) is 9.61 Å². The minimum absolute atomic E-state index is 0.00466. The van der Waals surface area contributed by atoms with Crippen molar-refractivity contribution >= 4 is 17.4 Å². The molecule has 1 amide bonds. The summed E-state index contributed by atoms with van der Waals surface area (Å²) in [7, 11) is 0. The molecule has 0 aromatic carbocycles. The molecule has 1 saturated heterocycles. The molecule has 0 bridgehead atoms. The molecule has 2 aromatic rings. The van der Waals surface area contributed by atoms with E-state index in [-0.39, 0.29) is 11.8 Å². The number of carbonyl (C=O) groups excluding carboxylic acids is 1. The fraction of sp³-hybridized carbons (Fsp3) is 0.417. The van der Waals surface area contributed by atoms with Gasteiger partial charge in [-0.25, -0.2) is 4.98 Å². The highest BCUT2D eigenvalue weighted by Crippen LogP contribution is 2.18. The second kappa shape index (κ2) is 4.38. The molecule has 0 saturated carbocycles. The van der Waals surface area contributed by atoms with Gasteiger partial charge >= 0.3 is 0 Å². The molecule has 1 aliphatic rings. The lowest BCUT2D eigenvalue weighted by atomic mass is 9.88. The van der Waals surface area contributed by atoms with Crippen LogP contribution in [0.2, 0.25) is 0 Å². The number of aromatic nitrogens is 3. The van der Waals surface area contributed by atoms with Crippen molar-refractivity contribution in [2.24, 2.45) is 11.8 Å². The summed E-state index contributed by atoms with van der Waals surface area (Å²) in [4.78, 5) is 16.3. The van der Waals surface area contributed by atoms with Crippen LogP contribution in [0.15, 0.2) is 24.5 Å². The number of hydrogen-bond donors (Lipinski definition) is 2. The van der Waals surface area contributed by atoms with Gasteiger partial charge in [0.1, 0.15) is 5.82 Å². The van der Waals surface area contributed by atoms with Crippen LogP contribution in [-0.4, -0.2) is 33.6 Å². The molecule has 0 radical (unpaired) electrons. The van der Waals surface area contributed by atoms with Crippen molar-refractivity contribution in [2.75, 3.05) is 18.4 Å². The summed E-state index contributed by atoms with van der Waals surface area (Å²) >= 11 is 0. The molecule has 1 fully saturated rings. The van der Waals surface area contributed by atoms with Crippen molar-refractivity contribution in [3.8, 4) is 0 Å². The lowest BCUT2D eigenvalue weighted by Gasteiger charge is -2.31. The third kappa shape index (κ3) is 1.84. The summed E-state index contributed by atoms with van der Waals surface area (Å²) in [5.41, 5.74) is 0.728. The van der Waals surface area contributed by atoms with Crippen LogP contribution in [0.3, 0.4) is 0 Å². The highest BCUT2D eigenvalue weighted by Gasteiger charge is 2.28. The van der Waals surface area contributed by atoms with Crippen molar-refractivity contribution < 1.29 is 4.79 Å². The van der Waals surface area contributed by atoms with Crippen LogP contribution < -0.4 is 10.6 Å². The van der Waals surface area contributed by atoms with Gasteiger partial charge in [0.25, 0.3) is 0 Å². The summed E-state index contributed by atoms with van der Waals surface area (Å²) in [6, 6.07) is 3.55. The van der Waals surface area contributed by atoms with Gasteiger partial charge in [-0.05, 0) is 25.1 Å². The Balaban J connectivity index is 1.79. The van der Waals surface area contributed by atoms with E-state index in [1.807, 2.05) is 6.92 Å². The van der Waals surface area contributed by atoms with Crippen LogP contribution >= 0.6 is 0 Å². The second-order valence-electron chi connectivity index (χ2n) is 4.63. The predicted octanol–water partition coefficient (Wildman–Crippen LogP) is 0.523. The number of anilines is 1. The molecule has 1 unspecified atom stereocenters. The van der Waals surface area contributed by atoms with E-state index >= 15 is 0 Å². The van der Waals surface area contributed by atoms with E-state index in [1.165, 1.54) is 0 Å². The highest BCUT2D eigenvalue weighted by molar-refractivity contribution is 5.92. The van der Waals surface area contributed by atoms with Gasteiger partial charge in [-0.1, -0.05) is 6.92 Å². The summed E-state index contributed by atoms with van der Waals surface area (Å²) in [6.45, 7) is 3.80. The predicted molar refractivity (Wildman–Crippen MR) is 67.1 cm³/mol. The first-order chi connectivity index (χ1) is 8.75. The molecule has 3 rings (SSSR count). The SMILES string of the molecule is CC(C(=O)Nc1ccnc2ccnn12)C1CNC1. The normalized spacial score (nSPS) is 17.4. The zero-order chi connectivity index (χ0) is 12.5. The summed E-state index contributed by atoms with van der Waals surface area (Å²) in [6.07, 6.45) is 3.33. The van der Waals surface area contributed by atoms with Gasteiger partial charge in [0.05, 0.1) is 6.20 Å². The Morgan fingerprint density at radius 2 is 2.33 bits per heavy atom. The first kappa shape index (κ1) is 11.2. The molecular weight excluding hydrogens is 230 g/mol. The maximum Gasteiger partial charge on any atom is 0.228 e. The Morgan fingerprint density at radius 1 is 1.50 bits per heavy atom. The molecular formula is C12H15N5O. The van der Waals surface area contributed by atoms with E-state index in [9.17, 15) is 4.79 Å². The molecule has 6 nitrogen and oxygen atoms in total. The Labute approximate surface area is 104 Å². The number of fused-ring (bicyclic) bond motifs is 1. The molecule has 0 spiro atoms. The molecule has 1 atom stereocenters. The Morgan fingerprint density at radius 3 is 3.06 bits per heavy atom. The molecule has 0 aliphatic carbocycles. The van der Waals surface area contributed by atoms with E-state index in [2.05, 4.69) is 20.7 Å². The van der Waals surface area contributed by atoms with Gasteiger partial charge in [-0.15, -0.1) is 0 Å². The van der Waals surface area contributed by atoms with Gasteiger partial charge in [-0.3, -0.25) is 4.79 Å². The monoisotopic (exact) mass is 245 g/mol. The molecule has 94 valence electrons. The first-order valence-corrected chi connectivity index (χ1v) is 6.06. The van der Waals surface area contributed by atoms with E-state index in [0.29, 0.717) is 11.7 Å². The molecule has 2 N–H and O–H groups in total. The number of nitrogens with one attached hydrogen (secondary N) is 2. The lowest BCUT2D eigenvalue weighted by Crippen LogP contribution is -2.48. The maximum absolute atomic E-state index is 12.1. The first-order valence-electron chi connectivity index (χ1n) is 6.06. The topological polar surface area (TPSA) is 71.3 Å². The third-order valence-corrected chi connectivity index (χ3v) is 3.48. The van der Waals surface area contributed by atoms with E-state index in [0.717, 1.165) is 18.7 Å². The van der Waals surface area contributed by atoms with Gasteiger partial charge in [0.15, 0.2) is 5.65 Å². The zero-order valence-corrected chi connectivity index (χ0v) is 10.1. The minimum Gasteiger partial charge on any atom is -0.316 e. The van der Waals surface area contributed by atoms with Gasteiger partial charge < -0.3 is 10.6 Å². The number of amides is 1. The molecule has 2 aromatic heterocycles. The van der Waals surface area contributed by atoms with Crippen LogP contribution in [0.5, 0.6) is 0 Å². The minimum atomic E-state index is 0.00466. The largest absolute Gasteiger partial charge is 0.316 e. The van der Waals surface area contributed by atoms with Crippen LogP contribution in [-0.2, 0) is 4.79 Å². The Bertz CT molecular complexity index is 575. The number of hydrogen-bond acceptors (Lipinski definition) is 4. The fourth-order valence-electron chi connectivity index (χ4n) is 2.05. The average Bonchev–Trinajstić information content (AvgIpc) is 2.75. The van der Waals surface area contributed by atoms with E-state index in [4.69, 9.17) is 0 Å². The lowest BCUT2D eigenvalue weighted by molar-refractivity contribution is -0.121. The van der Waals surface area contributed by atoms with E-state index < -0.39 is 0 Å². The van der Waals surface area contributed by atoms with Gasteiger partial charge in [0, 0.05) is 18.2 Å². The van der Waals surface area contributed by atoms with E-state index in [1.54, 1.807) is 29.0 Å². The Hall–Kier alpha value is -1.95. The fourth-order valence-corrected chi connectivity index (χ4v) is 2.05. The summed E-state index contributed by atoms with van der Waals surface area (Å²) in [5, 5.41) is 10.2. The third-order valence-electron chi connectivity index (χ3n) is 3.48. The van der Waals surface area contributed by atoms with Crippen molar-refractivity contribution in [3.05, 3.63) is 24.5 Å².